The normalized spacial score (nSPS) is 23.7. The first kappa shape index (κ1) is 11.6. The molecule has 0 bridgehead atoms. The highest BCUT2D eigenvalue weighted by molar-refractivity contribution is 4.92. The lowest BCUT2D eigenvalue weighted by atomic mass is 10.0. The van der Waals surface area contributed by atoms with Crippen LogP contribution in [-0.4, -0.2) is 36.6 Å². The highest BCUT2D eigenvalue weighted by Crippen LogP contribution is 2.15. The Bertz CT molecular complexity index is 193. The van der Waals surface area contributed by atoms with E-state index in [9.17, 15) is 0 Å². The van der Waals surface area contributed by atoms with Gasteiger partial charge in [-0.3, -0.25) is 4.90 Å². The molecule has 2 nitrogen and oxygen atoms in total. The lowest BCUT2D eigenvalue weighted by Gasteiger charge is -2.34. The minimum absolute atomic E-state index is 0.574. The van der Waals surface area contributed by atoms with Crippen LogP contribution in [0.15, 0.2) is 0 Å². The predicted octanol–water partition coefficient (Wildman–Crippen LogP) is 1.47. The Labute approximate surface area is 88.1 Å². The molecule has 2 heteroatoms. The first-order valence-electron chi connectivity index (χ1n) is 5.65. The van der Waals surface area contributed by atoms with Crippen LogP contribution in [0.5, 0.6) is 0 Å². The van der Waals surface area contributed by atoms with E-state index < -0.39 is 0 Å². The Morgan fingerprint density at radius 2 is 2.29 bits per heavy atom. The molecule has 1 aliphatic rings. The summed E-state index contributed by atoms with van der Waals surface area (Å²) in [4.78, 5) is 2.43. The Morgan fingerprint density at radius 1 is 1.50 bits per heavy atom. The second-order valence-electron chi connectivity index (χ2n) is 4.39. The van der Waals surface area contributed by atoms with E-state index in [0.29, 0.717) is 12.1 Å². The van der Waals surface area contributed by atoms with E-state index >= 15 is 0 Å². The zero-order chi connectivity index (χ0) is 10.4. The SMILES string of the molecule is C#CCN1CCCCC1CNC(C)C. The van der Waals surface area contributed by atoms with E-state index in [1.54, 1.807) is 0 Å². The van der Waals surface area contributed by atoms with Crippen molar-refractivity contribution in [1.82, 2.24) is 10.2 Å². The summed E-state index contributed by atoms with van der Waals surface area (Å²) < 4.78 is 0. The first-order valence-corrected chi connectivity index (χ1v) is 5.65. The molecule has 1 saturated heterocycles. The third-order valence-corrected chi connectivity index (χ3v) is 2.81. The van der Waals surface area contributed by atoms with Crippen molar-refractivity contribution in [2.75, 3.05) is 19.6 Å². The zero-order valence-electron chi connectivity index (χ0n) is 9.42. The van der Waals surface area contributed by atoms with Crippen LogP contribution in [0.4, 0.5) is 0 Å². The maximum absolute atomic E-state index is 5.37. The van der Waals surface area contributed by atoms with Crippen LogP contribution in [-0.2, 0) is 0 Å². The van der Waals surface area contributed by atoms with Crippen LogP contribution in [0.3, 0.4) is 0 Å². The molecule has 14 heavy (non-hydrogen) atoms. The Balaban J connectivity index is 2.34. The lowest BCUT2D eigenvalue weighted by Crippen LogP contribution is -2.46. The summed E-state index contributed by atoms with van der Waals surface area (Å²) in [6.07, 6.45) is 9.32. The Morgan fingerprint density at radius 3 is 2.93 bits per heavy atom. The van der Waals surface area contributed by atoms with Gasteiger partial charge < -0.3 is 5.32 Å². The molecule has 0 spiro atoms. The van der Waals surface area contributed by atoms with Crippen molar-refractivity contribution in [3.63, 3.8) is 0 Å². The number of rotatable bonds is 4. The van der Waals surface area contributed by atoms with Gasteiger partial charge in [-0.25, -0.2) is 0 Å². The second-order valence-corrected chi connectivity index (χ2v) is 4.39. The van der Waals surface area contributed by atoms with Crippen molar-refractivity contribution in [3.05, 3.63) is 0 Å². The number of hydrogen-bond acceptors (Lipinski definition) is 2. The van der Waals surface area contributed by atoms with Crippen molar-refractivity contribution >= 4 is 0 Å². The standard InChI is InChI=1S/C12H22N2/c1-4-8-14-9-6-5-7-12(14)10-13-11(2)3/h1,11-13H,5-10H2,2-3H3. The molecule has 1 aliphatic heterocycles. The molecule has 1 rings (SSSR count). The monoisotopic (exact) mass is 194 g/mol. The van der Waals surface area contributed by atoms with Crippen LogP contribution in [0, 0.1) is 12.3 Å². The molecule has 0 amide bonds. The van der Waals surface area contributed by atoms with E-state index in [1.165, 1.54) is 25.8 Å². The van der Waals surface area contributed by atoms with Crippen molar-refractivity contribution < 1.29 is 0 Å². The average molecular weight is 194 g/mol. The number of nitrogens with zero attached hydrogens (tertiary/aromatic N) is 1. The molecule has 0 aliphatic carbocycles. The number of nitrogens with one attached hydrogen (secondary N) is 1. The lowest BCUT2D eigenvalue weighted by molar-refractivity contribution is 0.162. The molecular weight excluding hydrogens is 172 g/mol. The van der Waals surface area contributed by atoms with Gasteiger partial charge in [-0.1, -0.05) is 26.2 Å². The van der Waals surface area contributed by atoms with Gasteiger partial charge in [-0.05, 0) is 19.4 Å². The summed E-state index contributed by atoms with van der Waals surface area (Å²) >= 11 is 0. The summed E-state index contributed by atoms with van der Waals surface area (Å²) in [5, 5.41) is 3.49. The van der Waals surface area contributed by atoms with Crippen LogP contribution < -0.4 is 5.32 Å². The smallest absolute Gasteiger partial charge is 0.0601 e. The number of terminal acetylenes is 1. The summed E-state index contributed by atoms with van der Waals surface area (Å²) in [7, 11) is 0. The molecule has 0 radical (unpaired) electrons. The minimum Gasteiger partial charge on any atom is -0.313 e. The van der Waals surface area contributed by atoms with Crippen molar-refractivity contribution in [1.29, 1.82) is 0 Å². The van der Waals surface area contributed by atoms with Crippen molar-refractivity contribution in [2.24, 2.45) is 0 Å². The molecule has 0 aromatic heterocycles. The van der Waals surface area contributed by atoms with Gasteiger partial charge in [0.1, 0.15) is 0 Å². The van der Waals surface area contributed by atoms with Gasteiger partial charge >= 0.3 is 0 Å². The molecule has 1 heterocycles. The fraction of sp³-hybridized carbons (Fsp3) is 0.833. The predicted molar refractivity (Wildman–Crippen MR) is 61.2 cm³/mol. The van der Waals surface area contributed by atoms with Crippen molar-refractivity contribution in [3.8, 4) is 12.3 Å². The third-order valence-electron chi connectivity index (χ3n) is 2.81. The van der Waals surface area contributed by atoms with Gasteiger partial charge in [-0.2, -0.15) is 0 Å². The Hall–Kier alpha value is -0.520. The average Bonchev–Trinajstić information content (AvgIpc) is 2.17. The molecule has 0 aromatic carbocycles. The second kappa shape index (κ2) is 6.06. The van der Waals surface area contributed by atoms with Crippen LogP contribution in [0.1, 0.15) is 33.1 Å². The van der Waals surface area contributed by atoms with Gasteiger partial charge in [0.25, 0.3) is 0 Å². The minimum atomic E-state index is 0.574. The van der Waals surface area contributed by atoms with E-state index in [-0.39, 0.29) is 0 Å². The molecule has 1 fully saturated rings. The molecule has 0 aromatic rings. The number of piperidine rings is 1. The highest BCUT2D eigenvalue weighted by Gasteiger charge is 2.20. The van der Waals surface area contributed by atoms with E-state index in [2.05, 4.69) is 30.0 Å². The van der Waals surface area contributed by atoms with Gasteiger partial charge in [-0.15, -0.1) is 6.42 Å². The summed E-state index contributed by atoms with van der Waals surface area (Å²) in [6.45, 7) is 7.45. The molecule has 0 saturated carbocycles. The highest BCUT2D eigenvalue weighted by atomic mass is 15.2. The summed E-state index contributed by atoms with van der Waals surface area (Å²) in [5.74, 6) is 2.75. The van der Waals surface area contributed by atoms with Crippen LogP contribution in [0.2, 0.25) is 0 Å². The quantitative estimate of drug-likeness (QED) is 0.682. The summed E-state index contributed by atoms with van der Waals surface area (Å²) in [5.41, 5.74) is 0. The van der Waals surface area contributed by atoms with Crippen molar-refractivity contribution in [2.45, 2.75) is 45.2 Å². The van der Waals surface area contributed by atoms with E-state index in [1.807, 2.05) is 0 Å². The number of likely N-dealkylation sites (tertiary alicyclic amines) is 1. The molecule has 80 valence electrons. The zero-order valence-corrected chi connectivity index (χ0v) is 9.42. The van der Waals surface area contributed by atoms with E-state index in [0.717, 1.165) is 13.1 Å². The molecular formula is C12H22N2. The largest absolute Gasteiger partial charge is 0.313 e. The maximum atomic E-state index is 5.37. The topological polar surface area (TPSA) is 15.3 Å². The first-order chi connectivity index (χ1) is 6.74. The van der Waals surface area contributed by atoms with Gasteiger partial charge in [0.05, 0.1) is 6.54 Å². The fourth-order valence-electron chi connectivity index (χ4n) is 1.99. The van der Waals surface area contributed by atoms with Gasteiger partial charge in [0.2, 0.25) is 0 Å². The third kappa shape index (κ3) is 3.69. The summed E-state index contributed by atoms with van der Waals surface area (Å²) in [6, 6.07) is 1.23. The Kier molecular flexibility index (Phi) is 5.00. The molecule has 1 unspecified atom stereocenters. The number of hydrogen-bond donors (Lipinski definition) is 1. The van der Waals surface area contributed by atoms with Crippen LogP contribution >= 0.6 is 0 Å². The molecule has 1 N–H and O–H groups in total. The van der Waals surface area contributed by atoms with Crippen LogP contribution in [0.25, 0.3) is 0 Å². The molecule has 1 atom stereocenters. The fourth-order valence-corrected chi connectivity index (χ4v) is 1.99. The van der Waals surface area contributed by atoms with Gasteiger partial charge in [0.15, 0.2) is 0 Å². The van der Waals surface area contributed by atoms with Gasteiger partial charge in [0, 0.05) is 18.6 Å². The maximum Gasteiger partial charge on any atom is 0.0601 e. The van der Waals surface area contributed by atoms with E-state index in [4.69, 9.17) is 6.42 Å².